The van der Waals surface area contributed by atoms with Gasteiger partial charge in [0.1, 0.15) is 29.5 Å². The van der Waals surface area contributed by atoms with Crippen LogP contribution < -0.4 is 15.7 Å². The largest absolute Gasteiger partial charge is 0.484 e. The van der Waals surface area contributed by atoms with Gasteiger partial charge >= 0.3 is 5.69 Å². The molecule has 1 aliphatic rings. The summed E-state index contributed by atoms with van der Waals surface area (Å²) in [6.07, 6.45) is -0.0408. The average molecular weight is 860 g/mol. The molecule has 0 spiro atoms. The predicted octanol–water partition coefficient (Wildman–Crippen LogP) is 9.52. The molecule has 1 N–H and O–H groups in total. The highest BCUT2D eigenvalue weighted by Gasteiger charge is 2.45. The Labute approximate surface area is 366 Å². The van der Waals surface area contributed by atoms with Crippen LogP contribution in [0.15, 0.2) is 132 Å². The van der Waals surface area contributed by atoms with Crippen molar-refractivity contribution in [3.05, 3.63) is 160 Å². The molecule has 0 radical (unpaired) electrons. The van der Waals surface area contributed by atoms with Crippen LogP contribution in [0.4, 0.5) is 5.82 Å². The SMILES string of the molecule is CC(C)N(C(C)C)P(OCCC#N)O[C@H]1C[C@H](n2ccc(NC(=O)COc3ccc(C(C)(C)C)cc3)nc2=O)O[C@@H]1COC(c1ccccc1)(c1ccccc1)c1ccccc1. The summed E-state index contributed by atoms with van der Waals surface area (Å²) in [6.45, 7) is 14.7. The van der Waals surface area contributed by atoms with Gasteiger partial charge in [0.25, 0.3) is 14.4 Å². The van der Waals surface area contributed by atoms with Gasteiger partial charge in [-0.1, -0.05) is 124 Å². The number of carbonyl (C=O) groups excluding carboxylic acids is 1. The normalized spacial score (nSPS) is 17.3. The quantitative estimate of drug-likeness (QED) is 0.0486. The van der Waals surface area contributed by atoms with Gasteiger partial charge in [0.2, 0.25) is 0 Å². The average Bonchev–Trinajstić information content (AvgIpc) is 3.65. The fourth-order valence-corrected chi connectivity index (χ4v) is 9.36. The van der Waals surface area contributed by atoms with Gasteiger partial charge < -0.3 is 28.6 Å². The highest BCUT2D eigenvalue weighted by molar-refractivity contribution is 7.44. The number of hydrogen-bond donors (Lipinski definition) is 1. The lowest BCUT2D eigenvalue weighted by Gasteiger charge is -2.39. The number of carbonyl (C=O) groups is 1. The van der Waals surface area contributed by atoms with E-state index in [9.17, 15) is 14.9 Å². The van der Waals surface area contributed by atoms with Gasteiger partial charge in [0, 0.05) is 24.7 Å². The van der Waals surface area contributed by atoms with E-state index in [1.54, 1.807) is 12.3 Å². The van der Waals surface area contributed by atoms with E-state index in [0.29, 0.717) is 5.75 Å². The molecular formula is C49H58N5O7P. The maximum absolute atomic E-state index is 13.7. The minimum atomic E-state index is -1.68. The smallest absolute Gasteiger partial charge is 0.351 e. The Morgan fingerprint density at radius 3 is 1.94 bits per heavy atom. The minimum absolute atomic E-state index is 0.00808. The Bertz CT molecular complexity index is 2180. The van der Waals surface area contributed by atoms with Crippen LogP contribution in [0.1, 0.15) is 89.8 Å². The molecule has 5 aromatic rings. The summed E-state index contributed by atoms with van der Waals surface area (Å²) in [4.78, 5) is 30.8. The number of nitrogens with one attached hydrogen (secondary N) is 1. The number of rotatable bonds is 19. The Hall–Kier alpha value is -5.25. The van der Waals surface area contributed by atoms with Crippen molar-refractivity contribution in [2.75, 3.05) is 25.1 Å². The van der Waals surface area contributed by atoms with E-state index in [2.05, 4.69) is 106 Å². The summed E-state index contributed by atoms with van der Waals surface area (Å²) in [6, 6.07) is 41.7. The van der Waals surface area contributed by atoms with Crippen molar-refractivity contribution in [1.82, 2.24) is 14.2 Å². The van der Waals surface area contributed by atoms with Crippen molar-refractivity contribution < 1.29 is 28.1 Å². The number of ether oxygens (including phenoxy) is 3. The van der Waals surface area contributed by atoms with Crippen molar-refractivity contribution in [1.29, 1.82) is 5.26 Å². The number of aromatic nitrogens is 2. The molecule has 13 heteroatoms. The molecule has 1 amide bonds. The third-order valence-corrected chi connectivity index (χ3v) is 12.7. The maximum atomic E-state index is 13.7. The molecule has 1 unspecified atom stereocenters. The van der Waals surface area contributed by atoms with Crippen LogP contribution in [0, 0.1) is 11.3 Å². The molecule has 12 nitrogen and oxygen atoms in total. The summed E-state index contributed by atoms with van der Waals surface area (Å²) in [5.41, 5.74) is 2.28. The third kappa shape index (κ3) is 11.4. The first-order valence-electron chi connectivity index (χ1n) is 21.1. The number of nitriles is 1. The first kappa shape index (κ1) is 46.3. The molecule has 0 bridgehead atoms. The molecule has 62 heavy (non-hydrogen) atoms. The lowest BCUT2D eigenvalue weighted by atomic mass is 9.80. The summed E-state index contributed by atoms with van der Waals surface area (Å²) >= 11 is 0. The predicted molar refractivity (Wildman–Crippen MR) is 242 cm³/mol. The number of anilines is 1. The van der Waals surface area contributed by atoms with E-state index in [0.717, 1.165) is 22.3 Å². The summed E-state index contributed by atoms with van der Waals surface area (Å²) in [5, 5.41) is 12.0. The molecule has 1 saturated heterocycles. The van der Waals surface area contributed by atoms with E-state index in [4.69, 9.17) is 23.3 Å². The van der Waals surface area contributed by atoms with Crippen LogP contribution >= 0.6 is 8.53 Å². The summed E-state index contributed by atoms with van der Waals surface area (Å²) in [7, 11) is -1.68. The van der Waals surface area contributed by atoms with Crippen LogP contribution in [-0.4, -0.2) is 64.2 Å². The van der Waals surface area contributed by atoms with Gasteiger partial charge in [-0.2, -0.15) is 10.2 Å². The molecule has 1 fully saturated rings. The highest BCUT2D eigenvalue weighted by atomic mass is 31.2. The van der Waals surface area contributed by atoms with Crippen LogP contribution in [0.3, 0.4) is 0 Å². The first-order chi connectivity index (χ1) is 29.8. The zero-order chi connectivity index (χ0) is 44.3. The second kappa shape index (κ2) is 21.2. The van der Waals surface area contributed by atoms with E-state index in [1.807, 2.05) is 78.9 Å². The fraction of sp³-hybridized carbons (Fsp3) is 0.388. The molecule has 1 aliphatic heterocycles. The molecule has 4 atom stereocenters. The standard InChI is InChI=1S/C49H58N5O7P/c1-35(2)54(36(3)4)62(59-31-17-29-50)61-42-32-46(53-30-28-44(52-47(53)56)51-45(55)34-57-41-26-24-37(25-27-41)48(5,6)7)60-43(42)33-58-49(38-18-11-8-12-19-38,39-20-13-9-14-21-39)40-22-15-10-16-23-40/h8-16,18-28,30,35-36,42-43,46H,17,31-34H2,1-7H3,(H,51,52,55,56)/t42-,43+,46+,62?/m0/s1. The Morgan fingerprint density at radius 2 is 1.44 bits per heavy atom. The van der Waals surface area contributed by atoms with Crippen LogP contribution in [0.2, 0.25) is 0 Å². The third-order valence-electron chi connectivity index (χ3n) is 10.6. The maximum Gasteiger partial charge on any atom is 0.351 e. The lowest BCUT2D eigenvalue weighted by Crippen LogP contribution is -2.39. The molecule has 6 rings (SSSR count). The number of nitrogens with zero attached hydrogens (tertiary/aromatic N) is 4. The fourth-order valence-electron chi connectivity index (χ4n) is 7.60. The van der Waals surface area contributed by atoms with E-state index in [-0.39, 0.29) is 56.0 Å². The number of amides is 1. The Morgan fingerprint density at radius 1 is 0.871 bits per heavy atom. The van der Waals surface area contributed by atoms with Gasteiger partial charge in [-0.25, -0.2) is 9.46 Å². The van der Waals surface area contributed by atoms with Gasteiger partial charge in [-0.3, -0.25) is 9.36 Å². The van der Waals surface area contributed by atoms with Gasteiger partial charge in [-0.05, 0) is 73.6 Å². The van der Waals surface area contributed by atoms with Crippen molar-refractivity contribution in [3.63, 3.8) is 0 Å². The molecule has 326 valence electrons. The van der Waals surface area contributed by atoms with Gasteiger partial charge in [0.05, 0.1) is 31.8 Å². The zero-order valence-electron chi connectivity index (χ0n) is 36.6. The van der Waals surface area contributed by atoms with Crippen molar-refractivity contribution >= 4 is 20.3 Å². The minimum Gasteiger partial charge on any atom is -0.484 e. The van der Waals surface area contributed by atoms with Gasteiger partial charge in [-0.15, -0.1) is 0 Å². The zero-order valence-corrected chi connectivity index (χ0v) is 37.5. The second-order valence-electron chi connectivity index (χ2n) is 16.8. The van der Waals surface area contributed by atoms with Crippen LogP contribution in [0.5, 0.6) is 5.75 Å². The molecule has 0 saturated carbocycles. The molecule has 2 heterocycles. The Kier molecular flexibility index (Phi) is 15.8. The van der Waals surface area contributed by atoms with E-state index >= 15 is 0 Å². The first-order valence-corrected chi connectivity index (χ1v) is 22.3. The highest BCUT2D eigenvalue weighted by Crippen LogP contribution is 2.50. The monoisotopic (exact) mass is 859 g/mol. The lowest BCUT2D eigenvalue weighted by molar-refractivity contribution is -0.118. The molecule has 0 aliphatic carbocycles. The van der Waals surface area contributed by atoms with E-state index < -0.39 is 44.2 Å². The number of hydrogen-bond acceptors (Lipinski definition) is 10. The second-order valence-corrected chi connectivity index (χ2v) is 18.2. The van der Waals surface area contributed by atoms with Crippen molar-refractivity contribution in [2.45, 2.75) is 103 Å². The van der Waals surface area contributed by atoms with Gasteiger partial charge in [0.15, 0.2) is 6.61 Å². The van der Waals surface area contributed by atoms with Crippen molar-refractivity contribution in [2.24, 2.45) is 0 Å². The Balaban J connectivity index is 1.28. The number of benzene rings is 4. The van der Waals surface area contributed by atoms with Crippen LogP contribution in [-0.2, 0) is 34.3 Å². The van der Waals surface area contributed by atoms with Crippen molar-refractivity contribution in [3.8, 4) is 11.8 Å². The topological polar surface area (TPSA) is 137 Å². The summed E-state index contributed by atoms with van der Waals surface area (Å²) < 4.78 is 36.5. The van der Waals surface area contributed by atoms with Crippen LogP contribution in [0.25, 0.3) is 0 Å². The summed E-state index contributed by atoms with van der Waals surface area (Å²) in [5.74, 6) is 0.189. The molecule has 1 aromatic heterocycles. The molecule has 4 aromatic carbocycles. The van der Waals surface area contributed by atoms with E-state index in [1.165, 1.54) is 4.57 Å². The molecular weight excluding hydrogens is 802 g/mol.